The summed E-state index contributed by atoms with van der Waals surface area (Å²) in [5, 5.41) is 15.2. The molecule has 0 aliphatic carbocycles. The van der Waals surface area contributed by atoms with Gasteiger partial charge in [-0.25, -0.2) is 0 Å². The minimum absolute atomic E-state index is 0.0365. The van der Waals surface area contributed by atoms with E-state index in [0.717, 1.165) is 5.39 Å². The van der Waals surface area contributed by atoms with E-state index >= 15 is 0 Å². The third-order valence-electron chi connectivity index (χ3n) is 8.38. The molecule has 12 heteroatoms. The van der Waals surface area contributed by atoms with Gasteiger partial charge in [0.2, 0.25) is 0 Å². The molecule has 3 N–H and O–H groups in total. The van der Waals surface area contributed by atoms with Crippen molar-refractivity contribution in [3.63, 3.8) is 0 Å². The summed E-state index contributed by atoms with van der Waals surface area (Å²) in [5.41, 5.74) is -1.28. The van der Waals surface area contributed by atoms with Crippen LogP contribution in [0.5, 0.6) is 5.75 Å². The first kappa shape index (κ1) is 32.4. The van der Waals surface area contributed by atoms with Crippen molar-refractivity contribution in [2.75, 3.05) is 6.54 Å². The van der Waals surface area contributed by atoms with E-state index in [4.69, 9.17) is 0 Å². The van der Waals surface area contributed by atoms with E-state index in [-0.39, 0.29) is 30.3 Å². The predicted octanol–water partition coefficient (Wildman–Crippen LogP) is 7.92. The Hall–Kier alpha value is -5.52. The Morgan fingerprint density at radius 2 is 1.42 bits per heavy atom. The van der Waals surface area contributed by atoms with Crippen LogP contribution >= 0.6 is 0 Å². The van der Waals surface area contributed by atoms with Crippen LogP contribution in [0.2, 0.25) is 0 Å². The maximum absolute atomic E-state index is 13.9. The lowest BCUT2D eigenvalue weighted by Crippen LogP contribution is -2.28. The molecule has 0 spiro atoms. The third-order valence-corrected chi connectivity index (χ3v) is 8.38. The van der Waals surface area contributed by atoms with Crippen molar-refractivity contribution in [3.8, 4) is 5.75 Å². The minimum atomic E-state index is -5.10. The Morgan fingerprint density at radius 1 is 0.833 bits per heavy atom. The van der Waals surface area contributed by atoms with Crippen LogP contribution < -0.4 is 10.9 Å². The highest BCUT2D eigenvalue weighted by Crippen LogP contribution is 2.41. The first-order valence-electron chi connectivity index (χ1n) is 14.8. The van der Waals surface area contributed by atoms with E-state index in [0.29, 0.717) is 45.4 Å². The number of H-pyrrole nitrogens is 1. The van der Waals surface area contributed by atoms with E-state index in [1.807, 2.05) is 24.3 Å². The summed E-state index contributed by atoms with van der Waals surface area (Å²) in [5.74, 6) is -2.15. The van der Waals surface area contributed by atoms with Crippen molar-refractivity contribution >= 4 is 27.7 Å². The highest BCUT2D eigenvalue weighted by Gasteiger charge is 2.37. The lowest BCUT2D eigenvalue weighted by molar-refractivity contribution is -0.143. The number of aryl methyl sites for hydroxylation is 1. The fraction of sp³-hybridized carbons (Fsp3) is 0.167. The molecule has 0 aliphatic rings. The Balaban J connectivity index is 1.43. The van der Waals surface area contributed by atoms with E-state index in [1.54, 1.807) is 61.6 Å². The second-order valence-corrected chi connectivity index (χ2v) is 11.4. The molecule has 0 aliphatic heterocycles. The van der Waals surface area contributed by atoms with Crippen molar-refractivity contribution in [1.82, 2.24) is 14.9 Å². The molecule has 2 heterocycles. The number of rotatable bonds is 7. The van der Waals surface area contributed by atoms with Gasteiger partial charge in [0.05, 0.1) is 28.1 Å². The Bertz CT molecular complexity index is 2190. The van der Waals surface area contributed by atoms with Crippen LogP contribution in [0, 0.1) is 0 Å². The molecule has 48 heavy (non-hydrogen) atoms. The van der Waals surface area contributed by atoms with Crippen LogP contribution in [-0.4, -0.2) is 27.1 Å². The minimum Gasteiger partial charge on any atom is -0.507 e. The van der Waals surface area contributed by atoms with Gasteiger partial charge in [-0.1, -0.05) is 60.7 Å². The quantitative estimate of drug-likeness (QED) is 0.152. The number of carbonyl (C=O) groups is 1. The van der Waals surface area contributed by atoms with Gasteiger partial charge < -0.3 is 20.0 Å². The average molecular weight is 664 g/mol. The number of fused-ring (bicyclic) bond motifs is 2. The summed E-state index contributed by atoms with van der Waals surface area (Å²) in [6, 6.07) is 23.8. The second kappa shape index (κ2) is 12.3. The van der Waals surface area contributed by atoms with Gasteiger partial charge in [-0.2, -0.15) is 26.3 Å². The molecule has 1 atom stereocenters. The van der Waals surface area contributed by atoms with E-state index in [1.165, 1.54) is 4.57 Å². The largest absolute Gasteiger partial charge is 0.507 e. The number of para-hydroxylation sites is 2. The van der Waals surface area contributed by atoms with Gasteiger partial charge in [0.1, 0.15) is 5.75 Å². The van der Waals surface area contributed by atoms with Crippen molar-refractivity contribution in [3.05, 3.63) is 146 Å². The lowest BCUT2D eigenvalue weighted by atomic mass is 9.85. The summed E-state index contributed by atoms with van der Waals surface area (Å²) in [6.07, 6.45) is -10.1. The molecule has 0 radical (unpaired) electrons. The molecule has 6 nitrogen and oxygen atoms in total. The molecule has 1 unspecified atom stereocenters. The smallest absolute Gasteiger partial charge is 0.416 e. The molecule has 0 fully saturated rings. The highest BCUT2D eigenvalue weighted by atomic mass is 19.4. The summed E-state index contributed by atoms with van der Waals surface area (Å²) in [7, 11) is 1.61. The summed E-state index contributed by atoms with van der Waals surface area (Å²) >= 11 is 0. The number of carbonyl (C=O) groups excluding carboxylic acids is 1. The summed E-state index contributed by atoms with van der Waals surface area (Å²) in [4.78, 5) is 30.3. The molecular formula is C36H27F6N3O3. The molecule has 6 rings (SSSR count). The van der Waals surface area contributed by atoms with Gasteiger partial charge in [-0.3, -0.25) is 9.59 Å². The zero-order valence-electron chi connectivity index (χ0n) is 25.2. The SMILES string of the molecule is Cn1c(=O)c(C(c2ccccc2)c2[nH]c3ccccc3c2CCNC(=O)c2cc(C(F)(F)F)cc(C(F)(F)F)c2)c(O)c2ccccc21. The van der Waals surface area contributed by atoms with Crippen LogP contribution in [-0.2, 0) is 25.8 Å². The predicted molar refractivity (Wildman–Crippen MR) is 169 cm³/mol. The maximum atomic E-state index is 13.9. The molecule has 2 aromatic heterocycles. The normalized spacial score (nSPS) is 12.8. The number of aromatic hydroxyl groups is 1. The fourth-order valence-corrected chi connectivity index (χ4v) is 6.11. The van der Waals surface area contributed by atoms with Crippen molar-refractivity contribution in [1.29, 1.82) is 0 Å². The number of aromatic amines is 1. The molecule has 1 amide bonds. The topological polar surface area (TPSA) is 87.1 Å². The number of benzene rings is 4. The lowest BCUT2D eigenvalue weighted by Gasteiger charge is -2.22. The third kappa shape index (κ3) is 6.01. The second-order valence-electron chi connectivity index (χ2n) is 11.4. The zero-order valence-corrected chi connectivity index (χ0v) is 25.2. The van der Waals surface area contributed by atoms with Crippen LogP contribution in [0.25, 0.3) is 21.8 Å². The van der Waals surface area contributed by atoms with Gasteiger partial charge in [0, 0.05) is 41.1 Å². The average Bonchev–Trinajstić information content (AvgIpc) is 3.42. The van der Waals surface area contributed by atoms with Gasteiger partial charge in [0.25, 0.3) is 11.5 Å². The first-order chi connectivity index (χ1) is 22.8. The van der Waals surface area contributed by atoms with Gasteiger partial charge in [-0.15, -0.1) is 0 Å². The standard InChI is InChI=1S/C36H27F6N3O3/c1-45-28-14-8-6-12-26(28)32(46)30(34(45)48)29(20-9-3-2-4-10-20)31-25(24-11-5-7-13-27(24)44-31)15-16-43-33(47)21-17-22(35(37,38)39)19-23(18-21)36(40,41)42/h2-14,17-19,29,44,46H,15-16H2,1H3,(H,43,47). The van der Waals surface area contributed by atoms with Crippen LogP contribution in [0.4, 0.5) is 26.3 Å². The number of halogens is 6. The Kier molecular flexibility index (Phi) is 8.28. The number of aromatic nitrogens is 2. The van der Waals surface area contributed by atoms with Crippen molar-refractivity contribution < 1.29 is 36.2 Å². The summed E-state index contributed by atoms with van der Waals surface area (Å²) < 4.78 is 81.9. The number of hydrogen-bond acceptors (Lipinski definition) is 3. The van der Waals surface area contributed by atoms with Crippen LogP contribution in [0.1, 0.15) is 49.8 Å². The number of pyridine rings is 1. The van der Waals surface area contributed by atoms with Crippen molar-refractivity contribution in [2.45, 2.75) is 24.7 Å². The highest BCUT2D eigenvalue weighted by molar-refractivity contribution is 5.95. The number of nitrogens with zero attached hydrogens (tertiary/aromatic N) is 1. The van der Waals surface area contributed by atoms with E-state index in [2.05, 4.69) is 10.3 Å². The molecule has 6 aromatic rings. The number of hydrogen-bond donors (Lipinski definition) is 3. The maximum Gasteiger partial charge on any atom is 0.416 e. The molecule has 0 saturated heterocycles. The molecule has 4 aromatic carbocycles. The van der Waals surface area contributed by atoms with Crippen molar-refractivity contribution in [2.24, 2.45) is 7.05 Å². The van der Waals surface area contributed by atoms with Gasteiger partial charge in [-0.05, 0) is 53.9 Å². The van der Waals surface area contributed by atoms with E-state index < -0.39 is 46.4 Å². The van der Waals surface area contributed by atoms with Gasteiger partial charge >= 0.3 is 12.4 Å². The zero-order chi connectivity index (χ0) is 34.4. The van der Waals surface area contributed by atoms with Crippen LogP contribution in [0.3, 0.4) is 0 Å². The molecule has 0 bridgehead atoms. The first-order valence-corrected chi connectivity index (χ1v) is 14.8. The van der Waals surface area contributed by atoms with E-state index in [9.17, 15) is 41.0 Å². The molecular weight excluding hydrogens is 636 g/mol. The fourth-order valence-electron chi connectivity index (χ4n) is 6.11. The molecule has 246 valence electrons. The monoisotopic (exact) mass is 663 g/mol. The number of nitrogens with one attached hydrogen (secondary N) is 2. The Morgan fingerprint density at radius 3 is 2.06 bits per heavy atom. The summed E-state index contributed by atoms with van der Waals surface area (Å²) in [6.45, 7) is -0.172. The van der Waals surface area contributed by atoms with Crippen LogP contribution in [0.15, 0.2) is 102 Å². The number of amides is 1. The molecule has 0 saturated carbocycles. The van der Waals surface area contributed by atoms with Gasteiger partial charge in [0.15, 0.2) is 0 Å². The number of alkyl halides is 6. The Labute approximate surface area is 269 Å².